The molecular weight excluding hydrogens is 236 g/mol. The number of nitrogens with one attached hydrogen (secondary N) is 1. The van der Waals surface area contributed by atoms with Gasteiger partial charge in [0, 0.05) is 19.9 Å². The zero-order chi connectivity index (χ0) is 13.5. The Balaban J connectivity index is 2.30. The van der Waals surface area contributed by atoms with Gasteiger partial charge in [0.1, 0.15) is 0 Å². The quantitative estimate of drug-likeness (QED) is 0.612. The van der Waals surface area contributed by atoms with Gasteiger partial charge in [0.15, 0.2) is 5.89 Å². The van der Waals surface area contributed by atoms with Crippen molar-refractivity contribution in [1.82, 2.24) is 10.3 Å². The minimum atomic E-state index is -0.308. The molecule has 6 nitrogen and oxygen atoms in total. The van der Waals surface area contributed by atoms with Gasteiger partial charge in [-0.2, -0.15) is 0 Å². The van der Waals surface area contributed by atoms with E-state index in [1.165, 1.54) is 0 Å². The summed E-state index contributed by atoms with van der Waals surface area (Å²) in [4.78, 5) is 26.8. The van der Waals surface area contributed by atoms with E-state index in [2.05, 4.69) is 10.3 Å². The highest BCUT2D eigenvalue weighted by Crippen LogP contribution is 2.08. The zero-order valence-electron chi connectivity index (χ0n) is 10.9. The largest absolute Gasteiger partial charge is 0.466 e. The van der Waals surface area contributed by atoms with Gasteiger partial charge in [-0.15, -0.1) is 0 Å². The molecule has 6 heteroatoms. The van der Waals surface area contributed by atoms with Crippen molar-refractivity contribution in [3.05, 3.63) is 17.3 Å². The van der Waals surface area contributed by atoms with E-state index in [1.807, 2.05) is 0 Å². The van der Waals surface area contributed by atoms with Crippen molar-refractivity contribution < 1.29 is 18.7 Å². The lowest BCUT2D eigenvalue weighted by molar-refractivity contribution is -0.143. The minimum absolute atomic E-state index is 0.226. The molecule has 0 fully saturated rings. The molecular formula is C12H18N2O4. The molecule has 1 heterocycles. The monoisotopic (exact) mass is 254 g/mol. The number of esters is 1. The van der Waals surface area contributed by atoms with Gasteiger partial charge in [0.2, 0.25) is 5.76 Å². The van der Waals surface area contributed by atoms with Crippen molar-refractivity contribution >= 4 is 11.9 Å². The van der Waals surface area contributed by atoms with Crippen LogP contribution in [-0.2, 0) is 9.53 Å². The summed E-state index contributed by atoms with van der Waals surface area (Å²) in [5, 5.41) is 2.67. The van der Waals surface area contributed by atoms with Gasteiger partial charge in [0.25, 0.3) is 5.91 Å². The molecule has 1 rings (SSSR count). The summed E-state index contributed by atoms with van der Waals surface area (Å²) < 4.78 is 9.95. The molecule has 0 unspecified atom stereocenters. The summed E-state index contributed by atoms with van der Waals surface area (Å²) in [6.07, 6.45) is 0.833. The highest BCUT2D eigenvalue weighted by molar-refractivity contribution is 5.92. The van der Waals surface area contributed by atoms with E-state index < -0.39 is 0 Å². The third-order valence-electron chi connectivity index (χ3n) is 2.26. The SMILES string of the molecule is CCOC(=O)CCCNC(=O)c1oc(C)nc1C. The highest BCUT2D eigenvalue weighted by Gasteiger charge is 2.15. The molecule has 0 bridgehead atoms. The smallest absolute Gasteiger partial charge is 0.305 e. The molecule has 0 atom stereocenters. The summed E-state index contributed by atoms with van der Waals surface area (Å²) in [6, 6.07) is 0. The molecule has 0 saturated carbocycles. The summed E-state index contributed by atoms with van der Waals surface area (Å²) in [6.45, 7) is 5.93. The topological polar surface area (TPSA) is 81.4 Å². The van der Waals surface area contributed by atoms with Crippen LogP contribution < -0.4 is 5.32 Å². The number of aromatic nitrogens is 1. The van der Waals surface area contributed by atoms with Gasteiger partial charge in [-0.1, -0.05) is 0 Å². The normalized spacial score (nSPS) is 10.2. The Hall–Kier alpha value is -1.85. The lowest BCUT2D eigenvalue weighted by atomic mass is 10.3. The van der Waals surface area contributed by atoms with E-state index in [-0.39, 0.29) is 17.6 Å². The van der Waals surface area contributed by atoms with E-state index in [0.717, 1.165) is 0 Å². The van der Waals surface area contributed by atoms with E-state index >= 15 is 0 Å². The molecule has 18 heavy (non-hydrogen) atoms. The summed E-state index contributed by atoms with van der Waals surface area (Å²) >= 11 is 0. The molecule has 0 saturated heterocycles. The molecule has 0 aromatic carbocycles. The Morgan fingerprint density at radius 2 is 2.11 bits per heavy atom. The molecule has 0 spiro atoms. The first-order valence-electron chi connectivity index (χ1n) is 5.92. The van der Waals surface area contributed by atoms with Crippen LogP contribution in [0.3, 0.4) is 0 Å². The maximum atomic E-state index is 11.7. The maximum Gasteiger partial charge on any atom is 0.305 e. The fourth-order valence-electron chi connectivity index (χ4n) is 1.49. The number of amides is 1. The number of ether oxygens (including phenoxy) is 1. The standard InChI is InChI=1S/C12H18N2O4/c1-4-17-10(15)6-5-7-13-12(16)11-8(2)14-9(3)18-11/h4-7H2,1-3H3,(H,13,16). The Labute approximate surface area is 106 Å². The first-order valence-corrected chi connectivity index (χ1v) is 5.92. The van der Waals surface area contributed by atoms with Gasteiger partial charge in [-0.05, 0) is 20.3 Å². The molecule has 1 N–H and O–H groups in total. The average Bonchev–Trinajstić information content (AvgIpc) is 2.64. The third-order valence-corrected chi connectivity index (χ3v) is 2.26. The number of rotatable bonds is 6. The predicted molar refractivity (Wildman–Crippen MR) is 64.2 cm³/mol. The van der Waals surface area contributed by atoms with Crippen LogP contribution in [0.15, 0.2) is 4.42 Å². The Kier molecular flexibility index (Phi) is 5.35. The molecule has 1 amide bonds. The van der Waals surface area contributed by atoms with E-state index in [4.69, 9.17) is 9.15 Å². The van der Waals surface area contributed by atoms with Crippen LogP contribution in [0.25, 0.3) is 0 Å². The first-order chi connectivity index (χ1) is 8.54. The van der Waals surface area contributed by atoms with Gasteiger partial charge in [0.05, 0.1) is 12.3 Å². The second-order valence-electron chi connectivity index (χ2n) is 3.81. The Morgan fingerprint density at radius 1 is 1.39 bits per heavy atom. The molecule has 0 aliphatic carbocycles. The van der Waals surface area contributed by atoms with Gasteiger partial charge in [-0.25, -0.2) is 4.98 Å². The van der Waals surface area contributed by atoms with Crippen LogP contribution in [-0.4, -0.2) is 30.0 Å². The minimum Gasteiger partial charge on any atom is -0.466 e. The number of oxazole rings is 1. The second kappa shape index (κ2) is 6.78. The van der Waals surface area contributed by atoms with E-state index in [0.29, 0.717) is 37.6 Å². The van der Waals surface area contributed by atoms with Crippen LogP contribution >= 0.6 is 0 Å². The fourth-order valence-corrected chi connectivity index (χ4v) is 1.49. The van der Waals surface area contributed by atoms with Gasteiger partial charge < -0.3 is 14.5 Å². The zero-order valence-corrected chi connectivity index (χ0v) is 10.9. The molecule has 1 aromatic heterocycles. The van der Waals surface area contributed by atoms with E-state index in [1.54, 1.807) is 20.8 Å². The average molecular weight is 254 g/mol. The van der Waals surface area contributed by atoms with Gasteiger partial charge >= 0.3 is 5.97 Å². The molecule has 0 aliphatic rings. The lowest BCUT2D eigenvalue weighted by Gasteiger charge is -2.03. The van der Waals surface area contributed by atoms with Crippen LogP contribution in [0.2, 0.25) is 0 Å². The van der Waals surface area contributed by atoms with Crippen molar-refractivity contribution in [2.24, 2.45) is 0 Å². The predicted octanol–water partition coefficient (Wildman–Crippen LogP) is 1.36. The van der Waals surface area contributed by atoms with Crippen molar-refractivity contribution in [3.8, 4) is 0 Å². The van der Waals surface area contributed by atoms with Crippen molar-refractivity contribution in [2.45, 2.75) is 33.6 Å². The number of carbonyl (C=O) groups excluding carboxylic acids is 2. The van der Waals surface area contributed by atoms with Crippen molar-refractivity contribution in [3.63, 3.8) is 0 Å². The van der Waals surface area contributed by atoms with Gasteiger partial charge in [-0.3, -0.25) is 9.59 Å². The van der Waals surface area contributed by atoms with Crippen LogP contribution in [0.1, 0.15) is 41.9 Å². The Morgan fingerprint density at radius 3 is 2.67 bits per heavy atom. The van der Waals surface area contributed by atoms with Crippen LogP contribution in [0.4, 0.5) is 0 Å². The van der Waals surface area contributed by atoms with E-state index in [9.17, 15) is 9.59 Å². The van der Waals surface area contributed by atoms with Crippen LogP contribution in [0, 0.1) is 13.8 Å². The first kappa shape index (κ1) is 14.2. The third kappa shape index (κ3) is 4.20. The lowest BCUT2D eigenvalue weighted by Crippen LogP contribution is -2.25. The number of nitrogens with zero attached hydrogens (tertiary/aromatic N) is 1. The number of hydrogen-bond acceptors (Lipinski definition) is 5. The van der Waals surface area contributed by atoms with Crippen molar-refractivity contribution in [2.75, 3.05) is 13.2 Å². The molecule has 0 radical (unpaired) electrons. The summed E-state index contributed by atoms with van der Waals surface area (Å²) in [5.41, 5.74) is 0.565. The number of aryl methyl sites for hydroxylation is 2. The second-order valence-corrected chi connectivity index (χ2v) is 3.81. The molecule has 1 aromatic rings. The Bertz CT molecular complexity index is 426. The maximum absolute atomic E-state index is 11.7. The fraction of sp³-hybridized carbons (Fsp3) is 0.583. The number of carbonyl (C=O) groups is 2. The molecule has 0 aliphatic heterocycles. The highest BCUT2D eigenvalue weighted by atomic mass is 16.5. The molecule has 100 valence electrons. The van der Waals surface area contributed by atoms with Crippen LogP contribution in [0.5, 0.6) is 0 Å². The van der Waals surface area contributed by atoms with Crippen molar-refractivity contribution in [1.29, 1.82) is 0 Å². The summed E-state index contributed by atoms with van der Waals surface area (Å²) in [7, 11) is 0. The number of hydrogen-bond donors (Lipinski definition) is 1. The summed E-state index contributed by atoms with van der Waals surface area (Å²) in [5.74, 6) is 0.128.